The van der Waals surface area contributed by atoms with E-state index in [4.69, 9.17) is 14.2 Å². The quantitative estimate of drug-likeness (QED) is 0.728. The summed E-state index contributed by atoms with van der Waals surface area (Å²) < 4.78 is 45.1. The third-order valence-electron chi connectivity index (χ3n) is 6.30. The van der Waals surface area contributed by atoms with Gasteiger partial charge < -0.3 is 19.5 Å². The Morgan fingerprint density at radius 3 is 2.27 bits per heavy atom. The molecule has 1 N–H and O–H groups in total. The van der Waals surface area contributed by atoms with Gasteiger partial charge in [-0.05, 0) is 63.1 Å². The highest BCUT2D eigenvalue weighted by atomic mass is 32.2. The normalized spacial score (nSPS) is 24.2. The maximum Gasteiger partial charge on any atom is 0.255 e. The largest absolute Gasteiger partial charge is 0.448 e. The minimum Gasteiger partial charge on any atom is -0.448 e. The monoisotopic (exact) mass is 472 g/mol. The molecule has 2 aromatic carbocycles. The molecule has 8 nitrogen and oxygen atoms in total. The van der Waals surface area contributed by atoms with Crippen LogP contribution in [0.1, 0.15) is 49.9 Å². The van der Waals surface area contributed by atoms with Crippen LogP contribution in [0.15, 0.2) is 47.4 Å². The number of rotatable bonds is 4. The van der Waals surface area contributed by atoms with E-state index in [0.717, 1.165) is 25.7 Å². The van der Waals surface area contributed by atoms with E-state index in [1.165, 1.54) is 28.6 Å². The average molecular weight is 473 g/mol. The van der Waals surface area contributed by atoms with Crippen molar-refractivity contribution in [1.82, 2.24) is 4.31 Å². The fourth-order valence-corrected chi connectivity index (χ4v) is 6.34. The standard InChI is InChI=1S/C24H28N2O6S/c1-16-14-26(15-17(2)30-16)33(28,29)20-8-5-18(6-9-20)23(27)25-19-7-10-21-22(13-19)32-24(31-21)11-3-4-12-24/h5-10,13,16-17H,3-4,11-12,14-15H2,1-2H3,(H,25,27)/t16-,17+. The number of fused-ring (bicyclic) bond motifs is 1. The van der Waals surface area contributed by atoms with E-state index in [1.807, 2.05) is 13.8 Å². The number of nitrogens with one attached hydrogen (secondary N) is 1. The lowest BCUT2D eigenvalue weighted by Crippen LogP contribution is -2.48. The van der Waals surface area contributed by atoms with Crippen LogP contribution < -0.4 is 14.8 Å². The van der Waals surface area contributed by atoms with Gasteiger partial charge in [-0.3, -0.25) is 4.79 Å². The molecular weight excluding hydrogens is 444 g/mol. The number of carbonyl (C=O) groups excluding carboxylic acids is 1. The van der Waals surface area contributed by atoms with Crippen molar-refractivity contribution in [1.29, 1.82) is 0 Å². The highest BCUT2D eigenvalue weighted by Gasteiger charge is 2.44. The van der Waals surface area contributed by atoms with E-state index in [2.05, 4.69) is 5.32 Å². The maximum atomic E-state index is 13.0. The van der Waals surface area contributed by atoms with Gasteiger partial charge in [0.2, 0.25) is 10.0 Å². The summed E-state index contributed by atoms with van der Waals surface area (Å²) in [5.41, 5.74) is 0.952. The van der Waals surface area contributed by atoms with Crippen molar-refractivity contribution in [3.05, 3.63) is 48.0 Å². The second-order valence-electron chi connectivity index (χ2n) is 9.04. The molecule has 1 aliphatic carbocycles. The van der Waals surface area contributed by atoms with Crippen LogP contribution >= 0.6 is 0 Å². The Morgan fingerprint density at radius 1 is 0.970 bits per heavy atom. The van der Waals surface area contributed by atoms with Crippen LogP contribution in [-0.4, -0.2) is 49.7 Å². The fourth-order valence-electron chi connectivity index (χ4n) is 4.75. The molecule has 2 heterocycles. The first-order valence-electron chi connectivity index (χ1n) is 11.3. The van der Waals surface area contributed by atoms with E-state index in [-0.39, 0.29) is 23.0 Å². The maximum absolute atomic E-state index is 13.0. The van der Waals surface area contributed by atoms with Gasteiger partial charge in [-0.25, -0.2) is 8.42 Å². The number of hydrogen-bond donors (Lipinski definition) is 1. The molecule has 0 radical (unpaired) electrons. The first-order valence-corrected chi connectivity index (χ1v) is 12.8. The molecule has 2 aromatic rings. The number of anilines is 1. The summed E-state index contributed by atoms with van der Waals surface area (Å²) in [7, 11) is -3.66. The summed E-state index contributed by atoms with van der Waals surface area (Å²) in [6.45, 7) is 4.32. The summed E-state index contributed by atoms with van der Waals surface area (Å²) in [6, 6.07) is 11.3. The number of hydrogen-bond acceptors (Lipinski definition) is 6. The highest BCUT2D eigenvalue weighted by molar-refractivity contribution is 7.89. The molecule has 1 saturated heterocycles. The van der Waals surface area contributed by atoms with Crippen molar-refractivity contribution in [3.63, 3.8) is 0 Å². The van der Waals surface area contributed by atoms with Gasteiger partial charge in [0.1, 0.15) is 0 Å². The van der Waals surface area contributed by atoms with Gasteiger partial charge in [-0.1, -0.05) is 0 Å². The molecule has 9 heteroatoms. The lowest BCUT2D eigenvalue weighted by Gasteiger charge is -2.34. The Bertz CT molecular complexity index is 1150. The van der Waals surface area contributed by atoms with Crippen LogP contribution in [-0.2, 0) is 14.8 Å². The number of morpholine rings is 1. The molecule has 2 aliphatic heterocycles. The van der Waals surface area contributed by atoms with Gasteiger partial charge in [-0.15, -0.1) is 0 Å². The highest BCUT2D eigenvalue weighted by Crippen LogP contribution is 2.47. The Labute approximate surface area is 193 Å². The van der Waals surface area contributed by atoms with Crippen LogP contribution in [0.5, 0.6) is 11.5 Å². The zero-order valence-electron chi connectivity index (χ0n) is 18.7. The topological polar surface area (TPSA) is 94.2 Å². The van der Waals surface area contributed by atoms with Crippen LogP contribution in [0.3, 0.4) is 0 Å². The van der Waals surface area contributed by atoms with Crippen LogP contribution in [0, 0.1) is 0 Å². The minimum atomic E-state index is -3.66. The molecule has 0 bridgehead atoms. The van der Waals surface area contributed by atoms with Crippen molar-refractivity contribution < 1.29 is 27.4 Å². The van der Waals surface area contributed by atoms with E-state index < -0.39 is 15.8 Å². The summed E-state index contributed by atoms with van der Waals surface area (Å²) >= 11 is 0. The number of ether oxygens (including phenoxy) is 3. The van der Waals surface area contributed by atoms with Crippen LogP contribution in [0.25, 0.3) is 0 Å². The minimum absolute atomic E-state index is 0.158. The molecule has 1 saturated carbocycles. The lowest BCUT2D eigenvalue weighted by molar-refractivity contribution is -0.0716. The lowest BCUT2D eigenvalue weighted by atomic mass is 10.2. The molecule has 3 aliphatic rings. The van der Waals surface area contributed by atoms with Gasteiger partial charge >= 0.3 is 0 Å². The van der Waals surface area contributed by atoms with Gasteiger partial charge in [0, 0.05) is 43.2 Å². The smallest absolute Gasteiger partial charge is 0.255 e. The number of carbonyl (C=O) groups is 1. The van der Waals surface area contributed by atoms with E-state index in [1.54, 1.807) is 18.2 Å². The predicted molar refractivity (Wildman–Crippen MR) is 122 cm³/mol. The zero-order chi connectivity index (χ0) is 23.2. The molecule has 33 heavy (non-hydrogen) atoms. The molecule has 176 valence electrons. The third kappa shape index (κ3) is 4.32. The van der Waals surface area contributed by atoms with E-state index >= 15 is 0 Å². The SMILES string of the molecule is C[C@@H]1CN(S(=O)(=O)c2ccc(C(=O)Nc3ccc4c(c3)OC3(CCCC3)O4)cc2)C[C@H](C)O1. The molecule has 2 atom stereocenters. The van der Waals surface area contributed by atoms with Crippen molar-refractivity contribution in [3.8, 4) is 11.5 Å². The summed E-state index contributed by atoms with van der Waals surface area (Å²) in [5.74, 6) is 0.436. The van der Waals surface area contributed by atoms with E-state index in [9.17, 15) is 13.2 Å². The van der Waals surface area contributed by atoms with Crippen molar-refractivity contribution in [2.45, 2.75) is 62.4 Å². The Balaban J connectivity index is 1.27. The number of amides is 1. The third-order valence-corrected chi connectivity index (χ3v) is 8.15. The molecule has 5 rings (SSSR count). The Hall–Kier alpha value is -2.62. The van der Waals surface area contributed by atoms with Crippen molar-refractivity contribution in [2.75, 3.05) is 18.4 Å². The average Bonchev–Trinajstić information content (AvgIpc) is 3.38. The number of sulfonamides is 1. The summed E-state index contributed by atoms with van der Waals surface area (Å²) in [6.07, 6.45) is 3.54. The second kappa shape index (κ2) is 8.30. The summed E-state index contributed by atoms with van der Waals surface area (Å²) in [4.78, 5) is 12.9. The predicted octanol–water partition coefficient (Wildman–Crippen LogP) is 3.78. The van der Waals surface area contributed by atoms with Gasteiger partial charge in [-0.2, -0.15) is 4.31 Å². The van der Waals surface area contributed by atoms with Gasteiger partial charge in [0.15, 0.2) is 11.5 Å². The molecule has 1 amide bonds. The fraction of sp³-hybridized carbons (Fsp3) is 0.458. The van der Waals surface area contributed by atoms with Crippen LogP contribution in [0.2, 0.25) is 0 Å². The first-order chi connectivity index (χ1) is 15.7. The van der Waals surface area contributed by atoms with Gasteiger partial charge in [0.05, 0.1) is 17.1 Å². The summed E-state index contributed by atoms with van der Waals surface area (Å²) in [5, 5.41) is 2.85. The van der Waals surface area contributed by atoms with Gasteiger partial charge in [0.25, 0.3) is 11.7 Å². The molecule has 1 spiro atoms. The molecule has 0 aromatic heterocycles. The Kier molecular flexibility index (Phi) is 5.58. The van der Waals surface area contributed by atoms with Crippen LogP contribution in [0.4, 0.5) is 5.69 Å². The van der Waals surface area contributed by atoms with E-state index in [0.29, 0.717) is 35.8 Å². The first kappa shape index (κ1) is 22.2. The zero-order valence-corrected chi connectivity index (χ0v) is 19.6. The van der Waals surface area contributed by atoms with Crippen molar-refractivity contribution in [2.24, 2.45) is 0 Å². The molecule has 2 fully saturated rings. The van der Waals surface area contributed by atoms with Crippen molar-refractivity contribution >= 4 is 21.6 Å². The molecule has 0 unspecified atom stereocenters. The molecular formula is C24H28N2O6S. The number of benzene rings is 2. The Morgan fingerprint density at radius 2 is 1.61 bits per heavy atom. The number of nitrogens with zero attached hydrogens (tertiary/aromatic N) is 1. The second-order valence-corrected chi connectivity index (χ2v) is 11.0.